The SMILES string of the molecule is CCOCCC(C)OCC(COCCO)OCCCNC(=O)OC(C)(C)C. The first-order chi connectivity index (χ1) is 12.8. The van der Waals surface area contributed by atoms with Gasteiger partial charge in [0.25, 0.3) is 0 Å². The molecule has 162 valence electrons. The topological polar surface area (TPSA) is 95.5 Å². The molecule has 0 saturated carbocycles. The maximum absolute atomic E-state index is 11.6. The van der Waals surface area contributed by atoms with Gasteiger partial charge in [0.05, 0.1) is 32.5 Å². The predicted octanol–water partition coefficient (Wildman–Crippen LogP) is 2.13. The molecule has 1 amide bonds. The second kappa shape index (κ2) is 16.1. The van der Waals surface area contributed by atoms with Crippen molar-refractivity contribution in [3.05, 3.63) is 0 Å². The Kier molecular flexibility index (Phi) is 15.5. The highest BCUT2D eigenvalue weighted by atomic mass is 16.6. The lowest BCUT2D eigenvalue weighted by Gasteiger charge is -2.21. The Bertz CT molecular complexity index is 360. The molecule has 0 radical (unpaired) electrons. The molecule has 0 aromatic rings. The Morgan fingerprint density at radius 3 is 2.44 bits per heavy atom. The zero-order valence-corrected chi connectivity index (χ0v) is 17.6. The van der Waals surface area contributed by atoms with E-state index in [1.165, 1.54) is 0 Å². The van der Waals surface area contributed by atoms with Gasteiger partial charge in [-0.3, -0.25) is 0 Å². The first kappa shape index (κ1) is 26.1. The van der Waals surface area contributed by atoms with E-state index in [1.54, 1.807) is 0 Å². The highest BCUT2D eigenvalue weighted by Crippen LogP contribution is 2.06. The molecule has 0 aliphatic carbocycles. The first-order valence-corrected chi connectivity index (χ1v) is 9.74. The predicted molar refractivity (Wildman–Crippen MR) is 103 cm³/mol. The molecular weight excluding hydrogens is 354 g/mol. The summed E-state index contributed by atoms with van der Waals surface area (Å²) in [5, 5.41) is 11.5. The Hall–Kier alpha value is -0.930. The van der Waals surface area contributed by atoms with Crippen LogP contribution in [0.3, 0.4) is 0 Å². The van der Waals surface area contributed by atoms with Gasteiger partial charge in [-0.1, -0.05) is 0 Å². The van der Waals surface area contributed by atoms with Crippen LogP contribution in [0.5, 0.6) is 0 Å². The van der Waals surface area contributed by atoms with Crippen LogP contribution in [0.25, 0.3) is 0 Å². The molecule has 8 nitrogen and oxygen atoms in total. The second-order valence-corrected chi connectivity index (χ2v) is 7.20. The van der Waals surface area contributed by atoms with Crippen LogP contribution in [-0.4, -0.2) is 81.8 Å². The van der Waals surface area contributed by atoms with E-state index < -0.39 is 11.7 Å². The molecule has 0 rings (SSSR count). The monoisotopic (exact) mass is 393 g/mol. The van der Waals surface area contributed by atoms with Crippen LogP contribution in [0, 0.1) is 0 Å². The standard InChI is InChI=1S/C19H39NO7/c1-6-23-12-8-16(2)26-15-17(14-24-13-10-21)25-11-7-9-20-18(22)27-19(3,4)5/h16-17,21H,6-15H2,1-5H3,(H,20,22). The van der Waals surface area contributed by atoms with Crippen LogP contribution < -0.4 is 5.32 Å². The minimum absolute atomic E-state index is 0.0296. The van der Waals surface area contributed by atoms with Crippen LogP contribution in [0.2, 0.25) is 0 Å². The molecule has 2 N–H and O–H groups in total. The molecule has 0 spiro atoms. The van der Waals surface area contributed by atoms with Gasteiger partial charge in [0, 0.05) is 26.4 Å². The Balaban J connectivity index is 4.01. The summed E-state index contributed by atoms with van der Waals surface area (Å²) in [6.45, 7) is 12.7. The van der Waals surface area contributed by atoms with Gasteiger partial charge in [-0.25, -0.2) is 4.79 Å². The van der Waals surface area contributed by atoms with Gasteiger partial charge < -0.3 is 34.1 Å². The van der Waals surface area contributed by atoms with Gasteiger partial charge in [-0.05, 0) is 47.5 Å². The molecule has 0 saturated heterocycles. The van der Waals surface area contributed by atoms with Crippen molar-refractivity contribution in [2.24, 2.45) is 0 Å². The number of aliphatic hydroxyl groups is 1. The fourth-order valence-corrected chi connectivity index (χ4v) is 2.00. The van der Waals surface area contributed by atoms with Crippen LogP contribution in [0.4, 0.5) is 4.79 Å². The Labute approximate surface area is 163 Å². The molecule has 0 aliphatic heterocycles. The van der Waals surface area contributed by atoms with Crippen molar-refractivity contribution in [1.29, 1.82) is 0 Å². The van der Waals surface area contributed by atoms with Crippen molar-refractivity contribution in [3.8, 4) is 0 Å². The molecular formula is C19H39NO7. The third-order valence-electron chi connectivity index (χ3n) is 3.32. The third kappa shape index (κ3) is 18.2. The van der Waals surface area contributed by atoms with Crippen molar-refractivity contribution in [3.63, 3.8) is 0 Å². The van der Waals surface area contributed by atoms with E-state index in [2.05, 4.69) is 5.32 Å². The highest BCUT2D eigenvalue weighted by molar-refractivity contribution is 5.67. The number of rotatable bonds is 16. The summed E-state index contributed by atoms with van der Waals surface area (Å²) in [6, 6.07) is 0. The number of hydrogen-bond donors (Lipinski definition) is 2. The van der Waals surface area contributed by atoms with Gasteiger partial charge in [0.2, 0.25) is 0 Å². The number of carbonyl (C=O) groups excluding carboxylic acids is 1. The number of ether oxygens (including phenoxy) is 5. The molecule has 0 aromatic heterocycles. The fraction of sp³-hybridized carbons (Fsp3) is 0.947. The summed E-state index contributed by atoms with van der Waals surface area (Å²) in [6.07, 6.45) is 0.867. The summed E-state index contributed by atoms with van der Waals surface area (Å²) in [5.74, 6) is 0. The lowest BCUT2D eigenvalue weighted by molar-refractivity contribution is -0.0810. The summed E-state index contributed by atoms with van der Waals surface area (Å²) in [5.41, 5.74) is -0.508. The van der Waals surface area contributed by atoms with E-state index in [0.29, 0.717) is 46.0 Å². The van der Waals surface area contributed by atoms with Gasteiger partial charge >= 0.3 is 6.09 Å². The zero-order valence-electron chi connectivity index (χ0n) is 17.6. The summed E-state index contributed by atoms with van der Waals surface area (Å²) < 4.78 is 27.4. The van der Waals surface area contributed by atoms with Crippen LogP contribution in [0.15, 0.2) is 0 Å². The second-order valence-electron chi connectivity index (χ2n) is 7.20. The molecule has 2 unspecified atom stereocenters. The average molecular weight is 394 g/mol. The van der Waals surface area contributed by atoms with Crippen molar-refractivity contribution in [2.75, 3.05) is 52.8 Å². The van der Waals surface area contributed by atoms with Gasteiger partial charge in [0.1, 0.15) is 11.7 Å². The number of amides is 1. The zero-order chi connectivity index (χ0) is 20.5. The normalized spacial score (nSPS) is 14.0. The molecule has 0 heterocycles. The van der Waals surface area contributed by atoms with Crippen LogP contribution in [0.1, 0.15) is 47.5 Å². The van der Waals surface area contributed by atoms with Crippen molar-refractivity contribution < 1.29 is 33.6 Å². The minimum atomic E-state index is -0.508. The maximum Gasteiger partial charge on any atom is 0.407 e. The lowest BCUT2D eigenvalue weighted by Crippen LogP contribution is -2.34. The number of carbonyl (C=O) groups is 1. The van der Waals surface area contributed by atoms with E-state index in [0.717, 1.165) is 6.42 Å². The van der Waals surface area contributed by atoms with Gasteiger partial charge in [-0.2, -0.15) is 0 Å². The average Bonchev–Trinajstić information content (AvgIpc) is 2.57. The summed E-state index contributed by atoms with van der Waals surface area (Å²) in [7, 11) is 0. The maximum atomic E-state index is 11.6. The van der Waals surface area contributed by atoms with Gasteiger partial charge in [-0.15, -0.1) is 0 Å². The van der Waals surface area contributed by atoms with Crippen LogP contribution >= 0.6 is 0 Å². The largest absolute Gasteiger partial charge is 0.444 e. The molecule has 0 fully saturated rings. The molecule has 0 aromatic carbocycles. The number of hydrogen-bond acceptors (Lipinski definition) is 7. The summed E-state index contributed by atoms with van der Waals surface area (Å²) >= 11 is 0. The molecule has 0 bridgehead atoms. The Morgan fingerprint density at radius 1 is 1.07 bits per heavy atom. The number of aliphatic hydroxyl groups excluding tert-OH is 1. The number of nitrogens with one attached hydrogen (secondary N) is 1. The quantitative estimate of drug-likeness (QED) is 0.388. The molecule has 0 aliphatic rings. The van der Waals surface area contributed by atoms with Crippen molar-refractivity contribution in [1.82, 2.24) is 5.32 Å². The molecule has 8 heteroatoms. The smallest absolute Gasteiger partial charge is 0.407 e. The van der Waals surface area contributed by atoms with Crippen molar-refractivity contribution >= 4 is 6.09 Å². The van der Waals surface area contributed by atoms with Gasteiger partial charge in [0.15, 0.2) is 0 Å². The van der Waals surface area contributed by atoms with E-state index in [1.807, 2.05) is 34.6 Å². The van der Waals surface area contributed by atoms with E-state index in [9.17, 15) is 4.79 Å². The Morgan fingerprint density at radius 2 is 1.81 bits per heavy atom. The van der Waals surface area contributed by atoms with Crippen LogP contribution in [-0.2, 0) is 23.7 Å². The van der Waals surface area contributed by atoms with E-state index in [-0.39, 0.29) is 25.4 Å². The highest BCUT2D eigenvalue weighted by Gasteiger charge is 2.16. The number of alkyl carbamates (subject to hydrolysis) is 1. The lowest BCUT2D eigenvalue weighted by atomic mass is 10.2. The third-order valence-corrected chi connectivity index (χ3v) is 3.32. The van der Waals surface area contributed by atoms with E-state index in [4.69, 9.17) is 28.8 Å². The first-order valence-electron chi connectivity index (χ1n) is 9.74. The van der Waals surface area contributed by atoms with E-state index >= 15 is 0 Å². The molecule has 2 atom stereocenters. The van der Waals surface area contributed by atoms with Crippen molar-refractivity contribution in [2.45, 2.75) is 65.3 Å². The molecule has 27 heavy (non-hydrogen) atoms. The minimum Gasteiger partial charge on any atom is -0.444 e. The summed E-state index contributed by atoms with van der Waals surface area (Å²) in [4.78, 5) is 11.6. The fourth-order valence-electron chi connectivity index (χ4n) is 2.00.